The van der Waals surface area contributed by atoms with E-state index in [0.717, 1.165) is 24.9 Å². The van der Waals surface area contributed by atoms with Gasteiger partial charge in [0.1, 0.15) is 24.5 Å². The lowest BCUT2D eigenvalue weighted by atomic mass is 10.1. The number of benzene rings is 2. The number of ether oxygens (including phenoxy) is 1. The van der Waals surface area contributed by atoms with E-state index in [0.29, 0.717) is 49.6 Å². The molecule has 0 atom stereocenters. The van der Waals surface area contributed by atoms with Crippen LogP contribution in [0.2, 0.25) is 0 Å². The topological polar surface area (TPSA) is 81.9 Å². The highest BCUT2D eigenvalue weighted by molar-refractivity contribution is 5.97. The fraction of sp³-hybridized carbons (Fsp3) is 0.367. The lowest BCUT2D eigenvalue weighted by molar-refractivity contribution is -0.883. The number of pyridine rings is 1. The number of rotatable bonds is 10. The minimum absolute atomic E-state index is 0. The molecule has 4 rings (SSSR count). The number of aromatic nitrogens is 1. The summed E-state index contributed by atoms with van der Waals surface area (Å²) < 4.78 is 22.5. The Hall–Kier alpha value is -3.68. The van der Waals surface area contributed by atoms with Gasteiger partial charge in [0.05, 0.1) is 32.6 Å². The third-order valence-electron chi connectivity index (χ3n) is 6.48. The predicted molar refractivity (Wildman–Crippen MR) is 149 cm³/mol. The SMILES string of the molecule is C[N+](C)(CC#CCOC1=NOCC1)CCCCNC(=O)c1cn(Cc2ccccc2)c2c(F)cccc2c1=O.[Br-]. The second-order valence-electron chi connectivity index (χ2n) is 10.1. The number of carbonyl (C=O) groups is 1. The normalized spacial score (nSPS) is 12.5. The van der Waals surface area contributed by atoms with Crippen molar-refractivity contribution >= 4 is 22.7 Å². The Morgan fingerprint density at radius 1 is 1.15 bits per heavy atom. The van der Waals surface area contributed by atoms with Crippen LogP contribution < -0.4 is 27.7 Å². The van der Waals surface area contributed by atoms with Gasteiger partial charge in [-0.15, -0.1) is 0 Å². The molecule has 0 spiro atoms. The zero-order chi connectivity index (χ0) is 27.7. The zero-order valence-corrected chi connectivity index (χ0v) is 24.4. The molecule has 0 saturated carbocycles. The first kappa shape index (κ1) is 30.9. The monoisotopic (exact) mass is 612 g/mol. The van der Waals surface area contributed by atoms with Crippen LogP contribution >= 0.6 is 0 Å². The number of hydrogen-bond acceptors (Lipinski definition) is 5. The molecule has 1 aliphatic heterocycles. The molecule has 2 heterocycles. The van der Waals surface area contributed by atoms with Crippen molar-refractivity contribution in [2.45, 2.75) is 25.8 Å². The molecule has 1 N–H and O–H groups in total. The van der Waals surface area contributed by atoms with Gasteiger partial charge in [-0.2, -0.15) is 0 Å². The summed E-state index contributed by atoms with van der Waals surface area (Å²) in [5.41, 5.74) is 0.665. The van der Waals surface area contributed by atoms with Gasteiger partial charge in [0.15, 0.2) is 6.61 Å². The van der Waals surface area contributed by atoms with E-state index >= 15 is 0 Å². The number of quaternary nitrogens is 1. The average Bonchev–Trinajstić information content (AvgIpc) is 3.44. The summed E-state index contributed by atoms with van der Waals surface area (Å²) in [4.78, 5) is 31.0. The number of unbranched alkanes of at least 4 members (excludes halogenated alkanes) is 1. The fourth-order valence-corrected chi connectivity index (χ4v) is 4.36. The molecule has 0 radical (unpaired) electrons. The number of oxime groups is 1. The van der Waals surface area contributed by atoms with Gasteiger partial charge in [-0.25, -0.2) is 4.39 Å². The Morgan fingerprint density at radius 3 is 2.70 bits per heavy atom. The number of nitrogens with one attached hydrogen (secondary N) is 1. The van der Waals surface area contributed by atoms with Crippen molar-refractivity contribution in [1.82, 2.24) is 9.88 Å². The van der Waals surface area contributed by atoms with Crippen LogP contribution in [0.15, 0.2) is 64.7 Å². The van der Waals surface area contributed by atoms with Crippen molar-refractivity contribution in [2.24, 2.45) is 5.16 Å². The number of nitrogens with zero attached hydrogens (tertiary/aromatic N) is 3. The molecule has 3 aromatic rings. The lowest BCUT2D eigenvalue weighted by Gasteiger charge is -2.27. The van der Waals surface area contributed by atoms with Gasteiger partial charge < -0.3 is 40.9 Å². The molecule has 1 amide bonds. The maximum absolute atomic E-state index is 14.7. The van der Waals surface area contributed by atoms with E-state index in [4.69, 9.17) is 9.57 Å². The van der Waals surface area contributed by atoms with Crippen molar-refractivity contribution < 1.29 is 40.2 Å². The third-order valence-corrected chi connectivity index (χ3v) is 6.48. The highest BCUT2D eigenvalue weighted by atomic mass is 79.9. The molecule has 0 bridgehead atoms. The summed E-state index contributed by atoms with van der Waals surface area (Å²) in [7, 11) is 4.21. The molecule has 8 nitrogen and oxygen atoms in total. The Labute approximate surface area is 244 Å². The van der Waals surface area contributed by atoms with Crippen LogP contribution in [0, 0.1) is 17.7 Å². The lowest BCUT2D eigenvalue weighted by Crippen LogP contribution is -3.00. The number of para-hydroxylation sites is 1. The van der Waals surface area contributed by atoms with Gasteiger partial charge in [0, 0.05) is 24.7 Å². The maximum Gasteiger partial charge on any atom is 0.256 e. The summed E-state index contributed by atoms with van der Waals surface area (Å²) in [5.74, 6) is 5.79. The van der Waals surface area contributed by atoms with Gasteiger partial charge in [-0.3, -0.25) is 9.59 Å². The largest absolute Gasteiger partial charge is 1.00 e. The van der Waals surface area contributed by atoms with E-state index in [1.54, 1.807) is 10.6 Å². The first-order valence-corrected chi connectivity index (χ1v) is 13.1. The smallest absolute Gasteiger partial charge is 0.256 e. The van der Waals surface area contributed by atoms with Crippen LogP contribution in [-0.4, -0.2) is 67.8 Å². The van der Waals surface area contributed by atoms with Gasteiger partial charge in [-0.1, -0.05) is 47.5 Å². The van der Waals surface area contributed by atoms with Crippen LogP contribution in [0.25, 0.3) is 10.9 Å². The molecule has 10 heteroatoms. The van der Waals surface area contributed by atoms with E-state index in [1.807, 2.05) is 30.3 Å². The number of amides is 1. The second kappa shape index (κ2) is 14.6. The van der Waals surface area contributed by atoms with Crippen molar-refractivity contribution in [3.63, 3.8) is 0 Å². The third kappa shape index (κ3) is 8.41. The Balaban J connectivity index is 0.00000441. The number of carbonyl (C=O) groups excluding carboxylic acids is 1. The maximum atomic E-state index is 14.7. The van der Waals surface area contributed by atoms with Crippen molar-refractivity contribution in [1.29, 1.82) is 0 Å². The van der Waals surface area contributed by atoms with Crippen molar-refractivity contribution in [3.8, 4) is 11.8 Å². The van der Waals surface area contributed by atoms with E-state index in [2.05, 4.69) is 36.4 Å². The molecular formula is C30H34BrFN4O4. The molecule has 40 heavy (non-hydrogen) atoms. The van der Waals surface area contributed by atoms with Crippen LogP contribution in [0.5, 0.6) is 0 Å². The second-order valence-corrected chi connectivity index (χ2v) is 10.1. The molecule has 0 saturated heterocycles. The van der Waals surface area contributed by atoms with Crippen LogP contribution in [0.1, 0.15) is 35.2 Å². The van der Waals surface area contributed by atoms with Crippen molar-refractivity contribution in [3.05, 3.63) is 81.9 Å². The zero-order valence-electron chi connectivity index (χ0n) is 22.8. The van der Waals surface area contributed by atoms with Gasteiger partial charge in [-0.05, 0) is 36.5 Å². The summed E-state index contributed by atoms with van der Waals surface area (Å²) in [6.07, 6.45) is 3.78. The molecule has 2 aromatic carbocycles. The molecule has 1 aromatic heterocycles. The highest BCUT2D eigenvalue weighted by Gasteiger charge is 2.18. The summed E-state index contributed by atoms with van der Waals surface area (Å²) in [6, 6.07) is 13.9. The minimum Gasteiger partial charge on any atom is -1.00 e. The first-order chi connectivity index (χ1) is 18.8. The number of fused-ring (bicyclic) bond motifs is 1. The summed E-state index contributed by atoms with van der Waals surface area (Å²) >= 11 is 0. The van der Waals surface area contributed by atoms with E-state index < -0.39 is 17.2 Å². The van der Waals surface area contributed by atoms with Gasteiger partial charge >= 0.3 is 0 Å². The molecular weight excluding hydrogens is 579 g/mol. The van der Waals surface area contributed by atoms with E-state index in [-0.39, 0.29) is 33.4 Å². The molecule has 0 aliphatic carbocycles. The summed E-state index contributed by atoms with van der Waals surface area (Å²) in [5, 5.41) is 6.83. The van der Waals surface area contributed by atoms with Crippen LogP contribution in [-0.2, 0) is 16.1 Å². The Bertz CT molecular complexity index is 1460. The molecule has 1 aliphatic rings. The summed E-state index contributed by atoms with van der Waals surface area (Å²) in [6.45, 7) is 3.18. The highest BCUT2D eigenvalue weighted by Crippen LogP contribution is 2.18. The molecule has 0 unspecified atom stereocenters. The average molecular weight is 614 g/mol. The quantitative estimate of drug-likeness (QED) is 0.206. The van der Waals surface area contributed by atoms with Crippen LogP contribution in [0.3, 0.4) is 0 Å². The first-order valence-electron chi connectivity index (χ1n) is 13.1. The van der Waals surface area contributed by atoms with Gasteiger partial charge in [0.2, 0.25) is 11.3 Å². The minimum atomic E-state index is -0.497. The van der Waals surface area contributed by atoms with E-state index in [9.17, 15) is 14.0 Å². The predicted octanol–water partition coefficient (Wildman–Crippen LogP) is 0.533. The molecule has 212 valence electrons. The fourth-order valence-electron chi connectivity index (χ4n) is 4.36. The van der Waals surface area contributed by atoms with E-state index in [1.165, 1.54) is 18.3 Å². The number of hydrogen-bond donors (Lipinski definition) is 1. The Morgan fingerprint density at radius 2 is 1.95 bits per heavy atom. The standard InChI is InChI=1S/C30H33FN4O4.BrH/c1-35(2,18-8-9-19-38-27-15-20-39-33-27)17-7-6-16-32-30(37)25-22-34(21-23-11-4-3-5-12-23)28-24(29(25)36)13-10-14-26(28)31;/h3-5,10-14,22H,6-7,15-21H2,1-2H3;1H. The van der Waals surface area contributed by atoms with Gasteiger partial charge in [0.25, 0.3) is 5.91 Å². The number of halogens is 2. The van der Waals surface area contributed by atoms with Crippen LogP contribution in [0.4, 0.5) is 4.39 Å². The Kier molecular flexibility index (Phi) is 11.3. The molecule has 0 fully saturated rings. The van der Waals surface area contributed by atoms with Crippen molar-refractivity contribution in [2.75, 3.05) is 46.9 Å².